The minimum Gasteiger partial charge on any atom is -0.497 e. The predicted octanol–water partition coefficient (Wildman–Crippen LogP) is 1.84. The molecule has 0 fully saturated rings. The zero-order valence-electron chi connectivity index (χ0n) is 6.39. The van der Waals surface area contributed by atoms with Gasteiger partial charge in [-0.15, -0.1) is 0 Å². The van der Waals surface area contributed by atoms with Crippen LogP contribution in [-0.4, -0.2) is 14.2 Å². The molecular weight excluding hydrogens is 128 g/mol. The van der Waals surface area contributed by atoms with E-state index in [4.69, 9.17) is 9.47 Å². The highest BCUT2D eigenvalue weighted by Gasteiger charge is 2.07. The van der Waals surface area contributed by atoms with Crippen LogP contribution in [0.2, 0.25) is 0 Å². The van der Waals surface area contributed by atoms with Crippen LogP contribution in [0.1, 0.15) is 12.8 Å². The van der Waals surface area contributed by atoms with E-state index < -0.39 is 0 Å². The average Bonchev–Trinajstić information content (AvgIpc) is 2.04. The first-order valence-corrected chi connectivity index (χ1v) is 3.36. The lowest BCUT2D eigenvalue weighted by Gasteiger charge is -2.12. The fourth-order valence-corrected chi connectivity index (χ4v) is 1.01. The molecule has 0 aliphatic heterocycles. The van der Waals surface area contributed by atoms with Crippen LogP contribution in [0.4, 0.5) is 0 Å². The standard InChI is InChI=1S/C8H12O2/c1-9-7-5-3-4-6-8(7)10-2/h3,5H,4,6H2,1-2H3. The van der Waals surface area contributed by atoms with E-state index in [9.17, 15) is 0 Å². The fraction of sp³-hybridized carbons (Fsp3) is 0.500. The highest BCUT2D eigenvalue weighted by molar-refractivity contribution is 5.20. The Morgan fingerprint density at radius 1 is 1.30 bits per heavy atom. The molecule has 0 atom stereocenters. The molecule has 0 spiro atoms. The SMILES string of the molecule is COC1=C(OC)CCC=C1. The maximum Gasteiger partial charge on any atom is 0.156 e. The molecule has 0 amide bonds. The Kier molecular flexibility index (Phi) is 2.37. The highest BCUT2D eigenvalue weighted by Crippen LogP contribution is 2.19. The maximum atomic E-state index is 5.10. The molecular formula is C8H12O2. The average molecular weight is 140 g/mol. The van der Waals surface area contributed by atoms with Gasteiger partial charge in [-0.25, -0.2) is 0 Å². The summed E-state index contributed by atoms with van der Waals surface area (Å²) in [7, 11) is 3.33. The van der Waals surface area contributed by atoms with E-state index in [0.29, 0.717) is 0 Å². The number of hydrogen-bond donors (Lipinski definition) is 0. The molecule has 0 heterocycles. The third kappa shape index (κ3) is 1.32. The first kappa shape index (κ1) is 7.19. The van der Waals surface area contributed by atoms with Gasteiger partial charge in [0.15, 0.2) is 5.76 Å². The van der Waals surface area contributed by atoms with Gasteiger partial charge in [-0.3, -0.25) is 0 Å². The van der Waals surface area contributed by atoms with Gasteiger partial charge < -0.3 is 9.47 Å². The molecule has 1 aliphatic carbocycles. The van der Waals surface area contributed by atoms with Crippen molar-refractivity contribution in [1.82, 2.24) is 0 Å². The van der Waals surface area contributed by atoms with Gasteiger partial charge in [-0.1, -0.05) is 6.08 Å². The molecule has 1 rings (SSSR count). The van der Waals surface area contributed by atoms with Crippen molar-refractivity contribution in [2.24, 2.45) is 0 Å². The normalized spacial score (nSPS) is 17.4. The van der Waals surface area contributed by atoms with Crippen LogP contribution >= 0.6 is 0 Å². The zero-order valence-corrected chi connectivity index (χ0v) is 6.39. The summed E-state index contributed by atoms with van der Waals surface area (Å²) in [6.07, 6.45) is 6.04. The van der Waals surface area contributed by atoms with Crippen LogP contribution in [0.25, 0.3) is 0 Å². The number of allylic oxidation sites excluding steroid dienone is 3. The first-order valence-electron chi connectivity index (χ1n) is 3.36. The molecule has 0 N–H and O–H groups in total. The summed E-state index contributed by atoms with van der Waals surface area (Å²) in [5.41, 5.74) is 0. The third-order valence-corrected chi connectivity index (χ3v) is 1.55. The molecule has 0 radical (unpaired) electrons. The lowest BCUT2D eigenvalue weighted by Crippen LogP contribution is -1.98. The van der Waals surface area contributed by atoms with Crippen LogP contribution in [-0.2, 0) is 9.47 Å². The van der Waals surface area contributed by atoms with Crippen molar-refractivity contribution >= 4 is 0 Å². The molecule has 0 aromatic heterocycles. The van der Waals surface area contributed by atoms with Crippen molar-refractivity contribution < 1.29 is 9.47 Å². The second kappa shape index (κ2) is 3.30. The molecule has 2 heteroatoms. The van der Waals surface area contributed by atoms with Crippen molar-refractivity contribution in [2.45, 2.75) is 12.8 Å². The van der Waals surface area contributed by atoms with Gasteiger partial charge in [0, 0.05) is 6.42 Å². The molecule has 0 aromatic rings. The fourth-order valence-electron chi connectivity index (χ4n) is 1.01. The van der Waals surface area contributed by atoms with Crippen LogP contribution in [0.3, 0.4) is 0 Å². The van der Waals surface area contributed by atoms with Gasteiger partial charge in [0.1, 0.15) is 5.76 Å². The Morgan fingerprint density at radius 2 is 2.10 bits per heavy atom. The summed E-state index contributed by atoms with van der Waals surface area (Å²) < 4.78 is 10.2. The topological polar surface area (TPSA) is 18.5 Å². The number of rotatable bonds is 2. The van der Waals surface area contributed by atoms with Crippen molar-refractivity contribution in [3.63, 3.8) is 0 Å². The van der Waals surface area contributed by atoms with Gasteiger partial charge in [0.05, 0.1) is 14.2 Å². The molecule has 0 unspecified atom stereocenters. The van der Waals surface area contributed by atoms with E-state index in [-0.39, 0.29) is 0 Å². The van der Waals surface area contributed by atoms with Crippen molar-refractivity contribution in [3.8, 4) is 0 Å². The van der Waals surface area contributed by atoms with E-state index in [1.54, 1.807) is 14.2 Å². The smallest absolute Gasteiger partial charge is 0.156 e. The van der Waals surface area contributed by atoms with Crippen LogP contribution in [0.15, 0.2) is 23.7 Å². The summed E-state index contributed by atoms with van der Waals surface area (Å²) in [5, 5.41) is 0. The van der Waals surface area contributed by atoms with Gasteiger partial charge in [-0.2, -0.15) is 0 Å². The maximum absolute atomic E-state index is 5.10. The quantitative estimate of drug-likeness (QED) is 0.582. The summed E-state index contributed by atoms with van der Waals surface area (Å²) in [6, 6.07) is 0. The summed E-state index contributed by atoms with van der Waals surface area (Å²) in [4.78, 5) is 0. The largest absolute Gasteiger partial charge is 0.497 e. The molecule has 10 heavy (non-hydrogen) atoms. The summed E-state index contributed by atoms with van der Waals surface area (Å²) in [6.45, 7) is 0. The molecule has 56 valence electrons. The first-order chi connectivity index (χ1) is 4.88. The van der Waals surface area contributed by atoms with Gasteiger partial charge >= 0.3 is 0 Å². The lowest BCUT2D eigenvalue weighted by atomic mass is 10.1. The van der Waals surface area contributed by atoms with E-state index in [2.05, 4.69) is 6.08 Å². The van der Waals surface area contributed by atoms with Crippen LogP contribution in [0, 0.1) is 0 Å². The Labute approximate surface area is 61.1 Å². The lowest BCUT2D eigenvalue weighted by molar-refractivity contribution is 0.219. The van der Waals surface area contributed by atoms with Crippen molar-refractivity contribution in [2.75, 3.05) is 14.2 Å². The van der Waals surface area contributed by atoms with Gasteiger partial charge in [-0.05, 0) is 12.5 Å². The molecule has 2 nitrogen and oxygen atoms in total. The van der Waals surface area contributed by atoms with Crippen LogP contribution < -0.4 is 0 Å². The Balaban J connectivity index is 2.73. The van der Waals surface area contributed by atoms with Crippen molar-refractivity contribution in [1.29, 1.82) is 0 Å². The van der Waals surface area contributed by atoms with Gasteiger partial charge in [0.2, 0.25) is 0 Å². The number of hydrogen-bond acceptors (Lipinski definition) is 2. The Bertz CT molecular complexity index is 168. The van der Waals surface area contributed by atoms with E-state index >= 15 is 0 Å². The molecule has 0 aromatic carbocycles. The zero-order chi connectivity index (χ0) is 7.40. The molecule has 0 saturated heterocycles. The highest BCUT2D eigenvalue weighted by atomic mass is 16.5. The second-order valence-electron chi connectivity index (χ2n) is 2.14. The van der Waals surface area contributed by atoms with E-state index in [0.717, 1.165) is 24.4 Å². The number of ether oxygens (including phenoxy) is 2. The minimum atomic E-state index is 0.855. The molecule has 0 saturated carbocycles. The monoisotopic (exact) mass is 140 g/mol. The van der Waals surface area contributed by atoms with Crippen molar-refractivity contribution in [3.05, 3.63) is 23.7 Å². The van der Waals surface area contributed by atoms with E-state index in [1.807, 2.05) is 6.08 Å². The molecule has 0 bridgehead atoms. The minimum absolute atomic E-state index is 0.855. The van der Waals surface area contributed by atoms with Gasteiger partial charge in [0.25, 0.3) is 0 Å². The van der Waals surface area contributed by atoms with E-state index in [1.165, 1.54) is 0 Å². The summed E-state index contributed by atoms with van der Waals surface area (Å²) in [5.74, 6) is 1.80. The molecule has 1 aliphatic rings. The predicted molar refractivity (Wildman–Crippen MR) is 39.4 cm³/mol. The third-order valence-electron chi connectivity index (χ3n) is 1.55. The van der Waals surface area contributed by atoms with Crippen LogP contribution in [0.5, 0.6) is 0 Å². The Morgan fingerprint density at radius 3 is 2.60 bits per heavy atom. The number of methoxy groups -OCH3 is 2. The second-order valence-corrected chi connectivity index (χ2v) is 2.14. The Hall–Kier alpha value is -0.920. The summed E-state index contributed by atoms with van der Waals surface area (Å²) >= 11 is 0.